The van der Waals surface area contributed by atoms with Gasteiger partial charge in [-0.05, 0) is 63.1 Å². The lowest BCUT2D eigenvalue weighted by Gasteiger charge is -2.26. The molecular formula is C24H27FN4O3S. The van der Waals surface area contributed by atoms with Crippen LogP contribution in [0.2, 0.25) is 0 Å². The summed E-state index contributed by atoms with van der Waals surface area (Å²) in [5.41, 5.74) is 3.16. The molecule has 7 nitrogen and oxygen atoms in total. The Hall–Kier alpha value is -3.04. The van der Waals surface area contributed by atoms with Gasteiger partial charge in [0.2, 0.25) is 15.9 Å². The third-order valence-electron chi connectivity index (χ3n) is 5.94. The van der Waals surface area contributed by atoms with E-state index in [1.807, 2.05) is 13.8 Å². The monoisotopic (exact) mass is 470 g/mol. The average Bonchev–Trinajstić information content (AvgIpc) is 3.08. The van der Waals surface area contributed by atoms with E-state index in [9.17, 15) is 17.6 Å². The SMILES string of the molecule is Cc1nn(-c2ccc(F)cc2)c(C)c1CC(=O)Nc1ccccc1S(=O)(=O)N1CCCCC1. The van der Waals surface area contributed by atoms with Gasteiger partial charge in [0.05, 0.1) is 23.5 Å². The molecule has 33 heavy (non-hydrogen) atoms. The van der Waals surface area contributed by atoms with Crippen LogP contribution < -0.4 is 5.32 Å². The summed E-state index contributed by atoms with van der Waals surface area (Å²) >= 11 is 0. The quantitative estimate of drug-likeness (QED) is 0.591. The maximum atomic E-state index is 13.3. The first-order valence-corrected chi connectivity index (χ1v) is 12.4. The normalized spacial score (nSPS) is 14.9. The van der Waals surface area contributed by atoms with Crippen LogP contribution in [0.4, 0.5) is 10.1 Å². The summed E-state index contributed by atoms with van der Waals surface area (Å²) in [7, 11) is -3.69. The molecule has 3 aromatic rings. The molecule has 0 aliphatic carbocycles. The van der Waals surface area contributed by atoms with E-state index >= 15 is 0 Å². The number of para-hydroxylation sites is 1. The highest BCUT2D eigenvalue weighted by Gasteiger charge is 2.28. The molecule has 0 saturated carbocycles. The number of benzene rings is 2. The number of rotatable bonds is 6. The molecular weight excluding hydrogens is 443 g/mol. The molecule has 1 aromatic heterocycles. The average molecular weight is 471 g/mol. The van der Waals surface area contributed by atoms with Crippen molar-refractivity contribution < 1.29 is 17.6 Å². The van der Waals surface area contributed by atoms with Crippen molar-refractivity contribution in [2.75, 3.05) is 18.4 Å². The maximum absolute atomic E-state index is 13.3. The van der Waals surface area contributed by atoms with Crippen molar-refractivity contribution in [1.82, 2.24) is 14.1 Å². The first-order valence-electron chi connectivity index (χ1n) is 11.0. The van der Waals surface area contributed by atoms with Gasteiger partial charge in [0, 0.05) is 24.3 Å². The van der Waals surface area contributed by atoms with Crippen LogP contribution in [0.3, 0.4) is 0 Å². The Kier molecular flexibility index (Phi) is 6.62. The van der Waals surface area contributed by atoms with E-state index in [1.165, 1.54) is 22.5 Å². The summed E-state index contributed by atoms with van der Waals surface area (Å²) in [5.74, 6) is -0.667. The van der Waals surface area contributed by atoms with Crippen molar-refractivity contribution in [3.8, 4) is 5.69 Å². The van der Waals surface area contributed by atoms with E-state index in [4.69, 9.17) is 0 Å². The van der Waals surface area contributed by atoms with Crippen molar-refractivity contribution in [3.63, 3.8) is 0 Å². The van der Waals surface area contributed by atoms with Crippen LogP contribution in [0, 0.1) is 19.7 Å². The molecule has 0 atom stereocenters. The Labute approximate surface area is 193 Å². The minimum Gasteiger partial charge on any atom is -0.325 e. The topological polar surface area (TPSA) is 84.3 Å². The lowest BCUT2D eigenvalue weighted by Crippen LogP contribution is -2.36. The van der Waals surface area contributed by atoms with Gasteiger partial charge in [0.15, 0.2) is 0 Å². The van der Waals surface area contributed by atoms with Crippen LogP contribution in [0.15, 0.2) is 53.4 Å². The van der Waals surface area contributed by atoms with Crippen LogP contribution in [0.5, 0.6) is 0 Å². The third-order valence-corrected chi connectivity index (χ3v) is 7.90. The Balaban J connectivity index is 1.55. The molecule has 1 fully saturated rings. The van der Waals surface area contributed by atoms with E-state index < -0.39 is 10.0 Å². The lowest BCUT2D eigenvalue weighted by atomic mass is 10.1. The zero-order valence-corrected chi connectivity index (χ0v) is 19.5. The Morgan fingerprint density at radius 2 is 1.70 bits per heavy atom. The number of amides is 1. The molecule has 0 spiro atoms. The summed E-state index contributed by atoms with van der Waals surface area (Å²) in [6.07, 6.45) is 2.74. The second-order valence-electron chi connectivity index (χ2n) is 8.22. The molecule has 0 unspecified atom stereocenters. The van der Waals surface area contributed by atoms with Gasteiger partial charge in [-0.1, -0.05) is 18.6 Å². The number of carbonyl (C=O) groups excluding carboxylic acids is 1. The molecule has 1 aliphatic heterocycles. The first kappa shape index (κ1) is 23.1. The Morgan fingerprint density at radius 3 is 2.39 bits per heavy atom. The van der Waals surface area contributed by atoms with E-state index in [1.54, 1.807) is 35.0 Å². The number of aryl methyl sites for hydroxylation is 1. The van der Waals surface area contributed by atoms with Crippen LogP contribution in [-0.4, -0.2) is 41.5 Å². The van der Waals surface area contributed by atoms with Gasteiger partial charge in [-0.25, -0.2) is 17.5 Å². The predicted octanol–water partition coefficient (Wildman–Crippen LogP) is 3.98. The van der Waals surface area contributed by atoms with Crippen LogP contribution in [-0.2, 0) is 21.2 Å². The number of piperidine rings is 1. The number of nitrogens with one attached hydrogen (secondary N) is 1. The molecule has 1 aliphatic rings. The van der Waals surface area contributed by atoms with Crippen molar-refractivity contribution in [2.45, 2.75) is 44.4 Å². The van der Waals surface area contributed by atoms with Crippen molar-refractivity contribution in [2.24, 2.45) is 0 Å². The number of carbonyl (C=O) groups is 1. The summed E-state index contributed by atoms with van der Waals surface area (Å²) in [5, 5.41) is 7.28. The minimum atomic E-state index is -3.69. The predicted molar refractivity (Wildman–Crippen MR) is 124 cm³/mol. The van der Waals surface area contributed by atoms with E-state index in [2.05, 4.69) is 10.4 Å². The van der Waals surface area contributed by atoms with Crippen LogP contribution >= 0.6 is 0 Å². The van der Waals surface area contributed by atoms with Crippen LogP contribution in [0.1, 0.15) is 36.2 Å². The summed E-state index contributed by atoms with van der Waals surface area (Å²) in [6.45, 7) is 4.64. The summed E-state index contributed by atoms with van der Waals surface area (Å²) < 4.78 is 42.8. The van der Waals surface area contributed by atoms with Gasteiger partial charge >= 0.3 is 0 Å². The van der Waals surface area contributed by atoms with Gasteiger partial charge in [-0.2, -0.15) is 9.40 Å². The van der Waals surface area contributed by atoms with Crippen molar-refractivity contribution in [1.29, 1.82) is 0 Å². The fourth-order valence-corrected chi connectivity index (χ4v) is 5.82. The summed E-state index contributed by atoms with van der Waals surface area (Å²) in [6, 6.07) is 12.5. The van der Waals surface area contributed by atoms with Crippen molar-refractivity contribution >= 4 is 21.6 Å². The zero-order valence-electron chi connectivity index (χ0n) is 18.7. The number of hydrogen-bond donors (Lipinski definition) is 1. The molecule has 2 heterocycles. The molecule has 4 rings (SSSR count). The third kappa shape index (κ3) is 4.84. The highest BCUT2D eigenvalue weighted by atomic mass is 32.2. The fraction of sp³-hybridized carbons (Fsp3) is 0.333. The van der Waals surface area contributed by atoms with E-state index in [-0.39, 0.29) is 28.7 Å². The minimum absolute atomic E-state index is 0.0386. The number of sulfonamides is 1. The maximum Gasteiger partial charge on any atom is 0.245 e. The highest BCUT2D eigenvalue weighted by Crippen LogP contribution is 2.27. The molecule has 0 bridgehead atoms. The smallest absolute Gasteiger partial charge is 0.245 e. The van der Waals surface area contributed by atoms with Gasteiger partial charge in [-0.15, -0.1) is 0 Å². The van der Waals surface area contributed by atoms with Crippen LogP contribution in [0.25, 0.3) is 5.69 Å². The van der Waals surface area contributed by atoms with Gasteiger partial charge in [0.25, 0.3) is 0 Å². The van der Waals surface area contributed by atoms with Crippen molar-refractivity contribution in [3.05, 3.63) is 71.3 Å². The molecule has 1 amide bonds. The molecule has 1 saturated heterocycles. The number of aromatic nitrogens is 2. The van der Waals surface area contributed by atoms with E-state index in [0.29, 0.717) is 24.5 Å². The fourth-order valence-electron chi connectivity index (χ4n) is 4.16. The summed E-state index contributed by atoms with van der Waals surface area (Å²) in [4.78, 5) is 13.0. The standard InChI is InChI=1S/C24H27FN4O3S/c1-17-21(18(2)29(27-17)20-12-10-19(25)11-13-20)16-24(30)26-22-8-4-5-9-23(22)33(31,32)28-14-6-3-7-15-28/h4-5,8-13H,3,6-7,14-16H2,1-2H3,(H,26,30). The number of hydrogen-bond acceptors (Lipinski definition) is 4. The highest BCUT2D eigenvalue weighted by molar-refractivity contribution is 7.89. The van der Waals surface area contributed by atoms with Gasteiger partial charge < -0.3 is 5.32 Å². The Bertz CT molecular complexity index is 1260. The molecule has 1 N–H and O–H groups in total. The van der Waals surface area contributed by atoms with Gasteiger partial charge in [-0.3, -0.25) is 4.79 Å². The second-order valence-corrected chi connectivity index (χ2v) is 10.1. The largest absolute Gasteiger partial charge is 0.325 e. The number of anilines is 1. The second kappa shape index (κ2) is 9.44. The first-order chi connectivity index (χ1) is 15.8. The molecule has 0 radical (unpaired) electrons. The molecule has 174 valence electrons. The lowest BCUT2D eigenvalue weighted by molar-refractivity contribution is -0.115. The zero-order chi connectivity index (χ0) is 23.6. The van der Waals surface area contributed by atoms with E-state index in [0.717, 1.165) is 30.5 Å². The number of nitrogens with zero attached hydrogens (tertiary/aromatic N) is 3. The van der Waals surface area contributed by atoms with Gasteiger partial charge in [0.1, 0.15) is 10.7 Å². The molecule has 9 heteroatoms. The number of halogens is 1. The molecule has 2 aromatic carbocycles. The Morgan fingerprint density at radius 1 is 1.03 bits per heavy atom.